The SMILES string of the molecule is COc1c(C(N)C2CCCS2)ccc(C)c1C. The van der Waals surface area contributed by atoms with Gasteiger partial charge in [-0.2, -0.15) is 11.8 Å². The largest absolute Gasteiger partial charge is 0.496 e. The summed E-state index contributed by atoms with van der Waals surface area (Å²) in [5, 5.41) is 0.547. The van der Waals surface area contributed by atoms with Crippen LogP contribution in [-0.2, 0) is 0 Å². The average molecular weight is 251 g/mol. The summed E-state index contributed by atoms with van der Waals surface area (Å²) in [6, 6.07) is 4.37. The van der Waals surface area contributed by atoms with Crippen molar-refractivity contribution in [3.63, 3.8) is 0 Å². The summed E-state index contributed by atoms with van der Waals surface area (Å²) >= 11 is 1.99. The van der Waals surface area contributed by atoms with E-state index in [0.29, 0.717) is 5.25 Å². The number of thioether (sulfide) groups is 1. The van der Waals surface area contributed by atoms with Gasteiger partial charge in [-0.05, 0) is 43.6 Å². The molecule has 1 fully saturated rings. The summed E-state index contributed by atoms with van der Waals surface area (Å²) in [6.45, 7) is 4.21. The standard InChI is InChI=1S/C14H21NOS/c1-9-6-7-11(14(16-3)10(9)2)13(15)12-5-4-8-17-12/h6-7,12-13H,4-5,8,15H2,1-3H3. The smallest absolute Gasteiger partial charge is 0.126 e. The summed E-state index contributed by atoms with van der Waals surface area (Å²) in [5.74, 6) is 2.22. The van der Waals surface area contributed by atoms with E-state index in [1.807, 2.05) is 11.8 Å². The predicted octanol–water partition coefficient (Wildman–Crippen LogP) is 3.21. The summed E-state index contributed by atoms with van der Waals surface area (Å²) in [6.07, 6.45) is 2.51. The minimum Gasteiger partial charge on any atom is -0.496 e. The van der Waals surface area contributed by atoms with E-state index in [4.69, 9.17) is 10.5 Å². The van der Waals surface area contributed by atoms with Gasteiger partial charge in [0.25, 0.3) is 0 Å². The first-order chi connectivity index (χ1) is 8.15. The van der Waals surface area contributed by atoms with E-state index in [0.717, 1.165) is 11.3 Å². The van der Waals surface area contributed by atoms with Crippen LogP contribution in [-0.4, -0.2) is 18.1 Å². The number of aryl methyl sites for hydroxylation is 1. The molecule has 1 aromatic carbocycles. The van der Waals surface area contributed by atoms with Crippen molar-refractivity contribution in [3.8, 4) is 5.75 Å². The molecule has 2 rings (SSSR count). The molecule has 1 aliphatic rings. The number of ether oxygens (including phenoxy) is 1. The van der Waals surface area contributed by atoms with E-state index in [2.05, 4.69) is 26.0 Å². The lowest BCUT2D eigenvalue weighted by atomic mass is 9.96. The van der Waals surface area contributed by atoms with Gasteiger partial charge in [-0.15, -0.1) is 0 Å². The molecule has 1 heterocycles. The van der Waals surface area contributed by atoms with Crippen molar-refractivity contribution >= 4 is 11.8 Å². The van der Waals surface area contributed by atoms with Crippen molar-refractivity contribution in [1.29, 1.82) is 0 Å². The van der Waals surface area contributed by atoms with Crippen LogP contribution in [0.3, 0.4) is 0 Å². The maximum absolute atomic E-state index is 6.39. The average Bonchev–Trinajstić information content (AvgIpc) is 2.85. The van der Waals surface area contributed by atoms with Gasteiger partial charge in [-0.25, -0.2) is 0 Å². The highest BCUT2D eigenvalue weighted by atomic mass is 32.2. The molecule has 0 saturated carbocycles. The maximum atomic E-state index is 6.39. The number of hydrogen-bond donors (Lipinski definition) is 1. The Balaban J connectivity index is 2.33. The molecule has 94 valence electrons. The molecule has 2 atom stereocenters. The highest BCUT2D eigenvalue weighted by molar-refractivity contribution is 8.00. The molecule has 1 aromatic rings. The zero-order valence-corrected chi connectivity index (χ0v) is 11.6. The van der Waals surface area contributed by atoms with E-state index < -0.39 is 0 Å². The van der Waals surface area contributed by atoms with Crippen molar-refractivity contribution in [3.05, 3.63) is 28.8 Å². The van der Waals surface area contributed by atoms with Crippen LogP contribution >= 0.6 is 11.8 Å². The van der Waals surface area contributed by atoms with Gasteiger partial charge in [0, 0.05) is 16.9 Å². The summed E-state index contributed by atoms with van der Waals surface area (Å²) < 4.78 is 5.55. The second kappa shape index (κ2) is 5.32. The zero-order chi connectivity index (χ0) is 12.4. The maximum Gasteiger partial charge on any atom is 0.126 e. The molecule has 0 spiro atoms. The molecule has 2 N–H and O–H groups in total. The van der Waals surface area contributed by atoms with Crippen molar-refractivity contribution in [2.75, 3.05) is 12.9 Å². The van der Waals surface area contributed by atoms with Gasteiger partial charge < -0.3 is 10.5 Å². The Morgan fingerprint density at radius 1 is 1.41 bits per heavy atom. The third-order valence-electron chi connectivity index (χ3n) is 3.64. The van der Waals surface area contributed by atoms with Crippen LogP contribution in [0.5, 0.6) is 5.75 Å². The van der Waals surface area contributed by atoms with Gasteiger partial charge in [0.05, 0.1) is 7.11 Å². The van der Waals surface area contributed by atoms with E-state index in [-0.39, 0.29) is 6.04 Å². The number of nitrogens with two attached hydrogens (primary N) is 1. The number of benzene rings is 1. The van der Waals surface area contributed by atoms with Gasteiger partial charge in [0.1, 0.15) is 5.75 Å². The van der Waals surface area contributed by atoms with Gasteiger partial charge >= 0.3 is 0 Å². The number of methoxy groups -OCH3 is 1. The molecule has 1 saturated heterocycles. The van der Waals surface area contributed by atoms with Gasteiger partial charge in [0.15, 0.2) is 0 Å². The van der Waals surface area contributed by atoms with Gasteiger partial charge in [0.2, 0.25) is 0 Å². The molecule has 0 aromatic heterocycles. The van der Waals surface area contributed by atoms with Crippen molar-refractivity contribution in [1.82, 2.24) is 0 Å². The molecule has 2 nitrogen and oxygen atoms in total. The van der Waals surface area contributed by atoms with Crippen molar-refractivity contribution in [2.24, 2.45) is 5.73 Å². The van der Waals surface area contributed by atoms with Gasteiger partial charge in [-0.1, -0.05) is 12.1 Å². The molecule has 2 unspecified atom stereocenters. The quantitative estimate of drug-likeness (QED) is 0.896. The minimum atomic E-state index is 0.0942. The van der Waals surface area contributed by atoms with E-state index in [9.17, 15) is 0 Å². The van der Waals surface area contributed by atoms with E-state index in [1.165, 1.54) is 29.7 Å². The molecular weight excluding hydrogens is 230 g/mol. The molecule has 3 heteroatoms. The molecule has 0 aliphatic carbocycles. The van der Waals surface area contributed by atoms with Crippen LogP contribution in [0.4, 0.5) is 0 Å². The lowest BCUT2D eigenvalue weighted by molar-refractivity contribution is 0.401. The van der Waals surface area contributed by atoms with E-state index in [1.54, 1.807) is 7.11 Å². The monoisotopic (exact) mass is 251 g/mol. The third kappa shape index (κ3) is 2.45. The van der Waals surface area contributed by atoms with Crippen molar-refractivity contribution in [2.45, 2.75) is 38.0 Å². The Kier molecular flexibility index (Phi) is 4.00. The normalized spacial score (nSPS) is 21.5. The zero-order valence-electron chi connectivity index (χ0n) is 10.8. The first-order valence-corrected chi connectivity index (χ1v) is 7.21. The van der Waals surface area contributed by atoms with Crippen LogP contribution in [0.25, 0.3) is 0 Å². The highest BCUT2D eigenvalue weighted by Gasteiger charge is 2.26. The van der Waals surface area contributed by atoms with Crippen LogP contribution in [0.2, 0.25) is 0 Å². The lowest BCUT2D eigenvalue weighted by Gasteiger charge is -2.22. The third-order valence-corrected chi connectivity index (χ3v) is 5.12. The van der Waals surface area contributed by atoms with Gasteiger partial charge in [-0.3, -0.25) is 0 Å². The first-order valence-electron chi connectivity index (χ1n) is 6.16. The van der Waals surface area contributed by atoms with Crippen LogP contribution in [0.1, 0.15) is 35.6 Å². The Morgan fingerprint density at radius 2 is 2.18 bits per heavy atom. The molecule has 0 amide bonds. The Labute approximate surface area is 108 Å². The second-order valence-corrected chi connectivity index (χ2v) is 6.05. The summed E-state index contributed by atoms with van der Waals surface area (Å²) in [5.41, 5.74) is 10.0. The Morgan fingerprint density at radius 3 is 2.76 bits per heavy atom. The van der Waals surface area contributed by atoms with Crippen molar-refractivity contribution < 1.29 is 4.74 Å². The lowest BCUT2D eigenvalue weighted by Crippen LogP contribution is -2.22. The second-order valence-electron chi connectivity index (χ2n) is 4.71. The summed E-state index contributed by atoms with van der Waals surface area (Å²) in [7, 11) is 1.74. The van der Waals surface area contributed by atoms with E-state index >= 15 is 0 Å². The summed E-state index contributed by atoms with van der Waals surface area (Å²) in [4.78, 5) is 0. The highest BCUT2D eigenvalue weighted by Crippen LogP contribution is 2.39. The van der Waals surface area contributed by atoms with Crippen LogP contribution in [0.15, 0.2) is 12.1 Å². The molecular formula is C14H21NOS. The van der Waals surface area contributed by atoms with Crippen LogP contribution < -0.4 is 10.5 Å². The fourth-order valence-electron chi connectivity index (χ4n) is 2.43. The Bertz CT molecular complexity index is 399. The molecule has 0 bridgehead atoms. The fourth-order valence-corrected chi connectivity index (χ4v) is 3.75. The molecule has 17 heavy (non-hydrogen) atoms. The van der Waals surface area contributed by atoms with Crippen LogP contribution in [0, 0.1) is 13.8 Å². The predicted molar refractivity (Wildman–Crippen MR) is 74.9 cm³/mol. The number of rotatable bonds is 3. The number of hydrogen-bond acceptors (Lipinski definition) is 3. The fraction of sp³-hybridized carbons (Fsp3) is 0.571. The molecule has 0 radical (unpaired) electrons. The minimum absolute atomic E-state index is 0.0942. The topological polar surface area (TPSA) is 35.2 Å². The Hall–Kier alpha value is -0.670. The first kappa shape index (κ1) is 12.8. The molecule has 1 aliphatic heterocycles.